The Morgan fingerprint density at radius 1 is 1.03 bits per heavy atom. The Morgan fingerprint density at radius 3 is 2.40 bits per heavy atom. The smallest absolute Gasteiger partial charge is 0.263 e. The summed E-state index contributed by atoms with van der Waals surface area (Å²) in [6.45, 7) is 3.49. The van der Waals surface area contributed by atoms with Crippen LogP contribution in [-0.4, -0.2) is 57.2 Å². The zero-order valence-electron chi connectivity index (χ0n) is 18.0. The third kappa shape index (κ3) is 5.03. The predicted octanol–water partition coefficient (Wildman–Crippen LogP) is 4.64. The molecule has 0 spiro atoms. The van der Waals surface area contributed by atoms with Crippen LogP contribution in [-0.2, 0) is 0 Å². The molecule has 0 aliphatic rings. The van der Waals surface area contributed by atoms with E-state index in [-0.39, 0.29) is 18.3 Å². The molecule has 0 aliphatic carbocycles. The van der Waals surface area contributed by atoms with Crippen LogP contribution < -0.4 is 14.4 Å². The summed E-state index contributed by atoms with van der Waals surface area (Å²) in [6, 6.07) is 11.2. The molecule has 0 saturated carbocycles. The molecular weight excluding hydrogens is 422 g/mol. The summed E-state index contributed by atoms with van der Waals surface area (Å²) < 4.78 is 11.9. The molecule has 1 aromatic heterocycles. The molecule has 1 heterocycles. The van der Waals surface area contributed by atoms with Crippen molar-refractivity contribution in [2.75, 3.05) is 46.3 Å². The van der Waals surface area contributed by atoms with Crippen LogP contribution in [0.1, 0.15) is 22.3 Å². The number of rotatable bonds is 8. The Hall–Kier alpha value is -2.35. The van der Waals surface area contributed by atoms with Gasteiger partial charge in [-0.05, 0) is 57.7 Å². The number of hydrogen-bond donors (Lipinski definition) is 0. The maximum absolute atomic E-state index is 13.5. The van der Waals surface area contributed by atoms with Gasteiger partial charge in [0.25, 0.3) is 5.91 Å². The van der Waals surface area contributed by atoms with Gasteiger partial charge in [0, 0.05) is 6.54 Å². The van der Waals surface area contributed by atoms with E-state index in [2.05, 4.69) is 4.90 Å². The number of para-hydroxylation sites is 1. The van der Waals surface area contributed by atoms with Crippen LogP contribution in [0.4, 0.5) is 5.13 Å². The number of thiazole rings is 1. The van der Waals surface area contributed by atoms with E-state index in [1.165, 1.54) is 11.3 Å². The van der Waals surface area contributed by atoms with E-state index in [0.29, 0.717) is 28.7 Å². The van der Waals surface area contributed by atoms with Crippen LogP contribution in [0.15, 0.2) is 36.4 Å². The van der Waals surface area contributed by atoms with Crippen molar-refractivity contribution in [3.63, 3.8) is 0 Å². The van der Waals surface area contributed by atoms with E-state index in [9.17, 15) is 4.79 Å². The van der Waals surface area contributed by atoms with Gasteiger partial charge in [0.1, 0.15) is 17.0 Å². The Labute approximate surface area is 187 Å². The molecule has 3 rings (SSSR count). The standard InChI is InChI=1S/C22H27N3O3S.ClH/c1-15-11-12-18(28-5)19-20(15)29-22(23-19)25(14-8-13-24(2)3)21(26)16-9-6-7-10-17(16)27-4;/h6-7,9-12H,8,13-14H2,1-5H3;1H. The number of anilines is 1. The molecule has 162 valence electrons. The monoisotopic (exact) mass is 449 g/mol. The second-order valence-electron chi connectivity index (χ2n) is 7.07. The lowest BCUT2D eigenvalue weighted by Gasteiger charge is -2.22. The highest BCUT2D eigenvalue weighted by Crippen LogP contribution is 2.37. The van der Waals surface area contributed by atoms with Crippen LogP contribution in [0.25, 0.3) is 10.2 Å². The van der Waals surface area contributed by atoms with Crippen molar-refractivity contribution in [3.8, 4) is 11.5 Å². The highest BCUT2D eigenvalue weighted by molar-refractivity contribution is 7.22. The maximum Gasteiger partial charge on any atom is 0.263 e. The maximum atomic E-state index is 13.5. The van der Waals surface area contributed by atoms with Crippen molar-refractivity contribution in [3.05, 3.63) is 47.5 Å². The molecule has 6 nitrogen and oxygen atoms in total. The number of nitrogens with zero attached hydrogens (tertiary/aromatic N) is 3. The summed E-state index contributed by atoms with van der Waals surface area (Å²) >= 11 is 1.52. The average molecular weight is 450 g/mol. The molecule has 0 N–H and O–H groups in total. The number of carbonyl (C=O) groups is 1. The zero-order chi connectivity index (χ0) is 21.0. The molecule has 1 amide bonds. The van der Waals surface area contributed by atoms with Crippen LogP contribution >= 0.6 is 23.7 Å². The van der Waals surface area contributed by atoms with Gasteiger partial charge in [0.2, 0.25) is 0 Å². The minimum Gasteiger partial charge on any atom is -0.496 e. The van der Waals surface area contributed by atoms with E-state index in [0.717, 1.165) is 28.7 Å². The normalized spacial score (nSPS) is 10.7. The first-order valence-electron chi connectivity index (χ1n) is 9.50. The Morgan fingerprint density at radius 2 is 1.73 bits per heavy atom. The molecule has 0 atom stereocenters. The lowest BCUT2D eigenvalue weighted by atomic mass is 10.1. The van der Waals surface area contributed by atoms with E-state index in [1.54, 1.807) is 31.3 Å². The highest BCUT2D eigenvalue weighted by Gasteiger charge is 2.24. The second-order valence-corrected chi connectivity index (χ2v) is 8.05. The van der Waals surface area contributed by atoms with Gasteiger partial charge in [-0.15, -0.1) is 12.4 Å². The molecule has 8 heteroatoms. The number of amides is 1. The number of fused-ring (bicyclic) bond motifs is 1. The summed E-state index contributed by atoms with van der Waals surface area (Å²) in [5.74, 6) is 1.16. The lowest BCUT2D eigenvalue weighted by molar-refractivity contribution is 0.0983. The predicted molar refractivity (Wildman–Crippen MR) is 126 cm³/mol. The molecule has 30 heavy (non-hydrogen) atoms. The summed E-state index contributed by atoms with van der Waals surface area (Å²) in [5.41, 5.74) is 2.43. The number of aryl methyl sites for hydroxylation is 1. The van der Waals surface area contributed by atoms with Crippen LogP contribution in [0, 0.1) is 6.92 Å². The summed E-state index contributed by atoms with van der Waals surface area (Å²) in [6.07, 6.45) is 0.833. The first-order chi connectivity index (χ1) is 14.0. The topological polar surface area (TPSA) is 54.9 Å². The van der Waals surface area contributed by atoms with Crippen molar-refractivity contribution in [1.82, 2.24) is 9.88 Å². The molecule has 3 aromatic rings. The quantitative estimate of drug-likeness (QED) is 0.501. The van der Waals surface area contributed by atoms with Crippen LogP contribution in [0.5, 0.6) is 11.5 Å². The SMILES string of the molecule is COc1ccccc1C(=O)N(CCCN(C)C)c1nc2c(OC)ccc(C)c2s1.Cl. The highest BCUT2D eigenvalue weighted by atomic mass is 35.5. The Balaban J connectivity index is 0.00000320. The lowest BCUT2D eigenvalue weighted by Crippen LogP contribution is -2.33. The largest absolute Gasteiger partial charge is 0.496 e. The minimum absolute atomic E-state index is 0. The summed E-state index contributed by atoms with van der Waals surface area (Å²) in [4.78, 5) is 22.1. The van der Waals surface area contributed by atoms with Crippen molar-refractivity contribution in [2.24, 2.45) is 0 Å². The number of benzene rings is 2. The van der Waals surface area contributed by atoms with Crippen molar-refractivity contribution in [1.29, 1.82) is 0 Å². The van der Waals surface area contributed by atoms with Gasteiger partial charge in [-0.25, -0.2) is 4.98 Å². The minimum atomic E-state index is -0.114. The molecule has 0 aliphatic heterocycles. The first kappa shape index (κ1) is 23.9. The molecule has 2 aromatic carbocycles. The second kappa shape index (κ2) is 10.6. The van der Waals surface area contributed by atoms with E-state index < -0.39 is 0 Å². The number of aromatic nitrogens is 1. The van der Waals surface area contributed by atoms with Crippen molar-refractivity contribution >= 4 is 45.0 Å². The molecular formula is C22H28ClN3O3S. The van der Waals surface area contributed by atoms with Gasteiger partial charge in [-0.1, -0.05) is 29.5 Å². The van der Waals surface area contributed by atoms with Gasteiger partial charge in [-0.3, -0.25) is 9.69 Å². The molecule has 0 bridgehead atoms. The first-order valence-corrected chi connectivity index (χ1v) is 10.3. The number of hydrogen-bond acceptors (Lipinski definition) is 6. The zero-order valence-corrected chi connectivity index (χ0v) is 19.6. The van der Waals surface area contributed by atoms with E-state index in [4.69, 9.17) is 14.5 Å². The van der Waals surface area contributed by atoms with Gasteiger partial charge in [-0.2, -0.15) is 0 Å². The third-order valence-electron chi connectivity index (χ3n) is 4.71. The van der Waals surface area contributed by atoms with Crippen molar-refractivity contribution in [2.45, 2.75) is 13.3 Å². The number of halogens is 1. The van der Waals surface area contributed by atoms with Crippen LogP contribution in [0.2, 0.25) is 0 Å². The fraction of sp³-hybridized carbons (Fsp3) is 0.364. The molecule has 0 saturated heterocycles. The van der Waals surface area contributed by atoms with Gasteiger partial charge >= 0.3 is 0 Å². The average Bonchev–Trinajstić information content (AvgIpc) is 3.17. The molecule has 0 unspecified atom stereocenters. The fourth-order valence-corrected chi connectivity index (χ4v) is 4.25. The Bertz CT molecular complexity index is 1010. The van der Waals surface area contributed by atoms with Gasteiger partial charge in [0.05, 0.1) is 24.5 Å². The van der Waals surface area contributed by atoms with Gasteiger partial charge < -0.3 is 14.4 Å². The number of ether oxygens (including phenoxy) is 2. The Kier molecular flexibility index (Phi) is 8.46. The van der Waals surface area contributed by atoms with Gasteiger partial charge in [0.15, 0.2) is 5.13 Å². The summed E-state index contributed by atoms with van der Waals surface area (Å²) in [7, 11) is 7.27. The molecule has 0 fully saturated rings. The van der Waals surface area contributed by atoms with E-state index >= 15 is 0 Å². The third-order valence-corrected chi connectivity index (χ3v) is 5.93. The molecule has 0 radical (unpaired) electrons. The fourth-order valence-electron chi connectivity index (χ4n) is 3.17. The number of carbonyl (C=O) groups excluding carboxylic acids is 1. The van der Waals surface area contributed by atoms with E-state index in [1.807, 2.05) is 45.3 Å². The van der Waals surface area contributed by atoms with Crippen molar-refractivity contribution < 1.29 is 14.3 Å². The summed E-state index contributed by atoms with van der Waals surface area (Å²) in [5, 5.41) is 0.669. The number of methoxy groups -OCH3 is 2. The van der Waals surface area contributed by atoms with Crippen LogP contribution in [0.3, 0.4) is 0 Å².